The molecule has 0 unspecified atom stereocenters. The molecule has 2 amide bonds. The third-order valence-electron chi connectivity index (χ3n) is 6.86. The fourth-order valence-corrected chi connectivity index (χ4v) is 6.61. The lowest BCUT2D eigenvalue weighted by molar-refractivity contribution is -0.139. The normalized spacial score (nSPS) is 11.9. The molecule has 4 rings (SSSR count). The molecule has 1 atom stereocenters. The van der Waals surface area contributed by atoms with Crippen LogP contribution in [0.4, 0.5) is 5.69 Å². The Kier molecular flexibility index (Phi) is 10.7. The van der Waals surface area contributed by atoms with Gasteiger partial charge in [0.2, 0.25) is 11.8 Å². The highest BCUT2D eigenvalue weighted by molar-refractivity contribution is 7.92. The number of anilines is 1. The number of aryl methyl sites for hydroxylation is 1. The van der Waals surface area contributed by atoms with Crippen molar-refractivity contribution in [2.24, 2.45) is 0 Å². The first-order chi connectivity index (χ1) is 20.5. The van der Waals surface area contributed by atoms with Gasteiger partial charge >= 0.3 is 0 Å². The fraction of sp³-hybridized carbons (Fsp3) is 0.188. The number of nitrogens with zero attached hydrogens (tertiary/aromatic N) is 2. The van der Waals surface area contributed by atoms with E-state index in [0.29, 0.717) is 20.6 Å². The molecule has 0 heterocycles. The molecule has 224 valence electrons. The van der Waals surface area contributed by atoms with Gasteiger partial charge in [-0.15, -0.1) is 0 Å². The molecule has 43 heavy (non-hydrogen) atoms. The number of carbonyl (C=O) groups excluding carboxylic acids is 2. The van der Waals surface area contributed by atoms with Crippen LogP contribution in [0.2, 0.25) is 15.1 Å². The summed E-state index contributed by atoms with van der Waals surface area (Å²) >= 11 is 18.9. The van der Waals surface area contributed by atoms with Crippen LogP contribution in [0.5, 0.6) is 0 Å². The Balaban J connectivity index is 1.81. The predicted molar refractivity (Wildman–Crippen MR) is 172 cm³/mol. The van der Waals surface area contributed by atoms with Gasteiger partial charge in [0, 0.05) is 35.1 Å². The molecule has 7 nitrogen and oxygen atoms in total. The Hall–Kier alpha value is -3.56. The molecule has 0 spiro atoms. The first-order valence-corrected chi connectivity index (χ1v) is 15.9. The quantitative estimate of drug-likeness (QED) is 0.198. The summed E-state index contributed by atoms with van der Waals surface area (Å²) in [6, 6.07) is 25.7. The molecule has 4 aromatic rings. The van der Waals surface area contributed by atoms with Crippen molar-refractivity contribution in [3.05, 3.63) is 129 Å². The standard InChI is InChI=1S/C32H30Cl3N3O4S/c1-22-11-15-28(16-12-22)43(41,42)38(27-10-6-9-25(33)18-27)21-31(39)37(20-24-13-14-26(34)19-29(24)35)30(32(40)36-2)17-23-7-4-3-5-8-23/h3-16,18-19,30H,17,20-21H2,1-2H3,(H,36,40)/t30-/m0/s1. The Morgan fingerprint density at radius 1 is 0.837 bits per heavy atom. The average molecular weight is 659 g/mol. The molecule has 4 aromatic carbocycles. The van der Waals surface area contributed by atoms with Gasteiger partial charge in [-0.25, -0.2) is 8.42 Å². The number of nitrogens with one attached hydrogen (secondary N) is 1. The summed E-state index contributed by atoms with van der Waals surface area (Å²) in [6.07, 6.45) is 0.180. The fourth-order valence-electron chi connectivity index (χ4n) is 4.55. The van der Waals surface area contributed by atoms with Crippen LogP contribution in [0, 0.1) is 6.92 Å². The lowest BCUT2D eigenvalue weighted by atomic mass is 10.0. The van der Waals surface area contributed by atoms with E-state index in [1.807, 2.05) is 37.3 Å². The molecule has 0 aliphatic heterocycles. The van der Waals surface area contributed by atoms with E-state index in [0.717, 1.165) is 15.4 Å². The second-order valence-corrected chi connectivity index (χ2v) is 13.0. The van der Waals surface area contributed by atoms with Crippen LogP contribution in [0.15, 0.2) is 102 Å². The van der Waals surface area contributed by atoms with E-state index in [2.05, 4.69) is 5.32 Å². The van der Waals surface area contributed by atoms with Gasteiger partial charge in [0.25, 0.3) is 10.0 Å². The second kappa shape index (κ2) is 14.3. The van der Waals surface area contributed by atoms with Crippen molar-refractivity contribution >= 4 is 62.3 Å². The van der Waals surface area contributed by atoms with E-state index < -0.39 is 34.4 Å². The van der Waals surface area contributed by atoms with Crippen molar-refractivity contribution in [1.82, 2.24) is 10.2 Å². The maximum atomic E-state index is 14.3. The Bertz CT molecular complexity index is 1700. The van der Waals surface area contributed by atoms with E-state index in [9.17, 15) is 18.0 Å². The molecule has 0 bridgehead atoms. The highest BCUT2D eigenvalue weighted by Gasteiger charge is 2.34. The third-order valence-corrected chi connectivity index (χ3v) is 9.47. The summed E-state index contributed by atoms with van der Waals surface area (Å²) in [5.74, 6) is -1.04. The Labute approximate surface area is 267 Å². The molecule has 1 N–H and O–H groups in total. The van der Waals surface area contributed by atoms with E-state index >= 15 is 0 Å². The summed E-state index contributed by atoms with van der Waals surface area (Å²) < 4.78 is 29.0. The van der Waals surface area contributed by atoms with Gasteiger partial charge in [0.15, 0.2) is 0 Å². The van der Waals surface area contributed by atoms with Crippen molar-refractivity contribution in [3.63, 3.8) is 0 Å². The highest BCUT2D eigenvalue weighted by Crippen LogP contribution is 2.28. The van der Waals surface area contributed by atoms with Crippen molar-refractivity contribution in [3.8, 4) is 0 Å². The van der Waals surface area contributed by atoms with Crippen molar-refractivity contribution in [2.45, 2.75) is 30.8 Å². The maximum Gasteiger partial charge on any atom is 0.264 e. The number of likely N-dealkylation sites (N-methyl/N-ethyl adjacent to an activating group) is 1. The minimum Gasteiger partial charge on any atom is -0.357 e. The topological polar surface area (TPSA) is 86.8 Å². The number of benzene rings is 4. The predicted octanol–water partition coefficient (Wildman–Crippen LogP) is 6.54. The van der Waals surface area contributed by atoms with Crippen LogP contribution in [-0.2, 0) is 32.6 Å². The van der Waals surface area contributed by atoms with Gasteiger partial charge in [-0.2, -0.15) is 0 Å². The monoisotopic (exact) mass is 657 g/mol. The molecule has 0 aliphatic rings. The van der Waals surface area contributed by atoms with Gasteiger partial charge in [-0.1, -0.05) is 95.0 Å². The molecule has 0 aromatic heterocycles. The zero-order valence-corrected chi connectivity index (χ0v) is 26.6. The van der Waals surface area contributed by atoms with Crippen molar-refractivity contribution in [2.75, 3.05) is 17.9 Å². The maximum absolute atomic E-state index is 14.3. The van der Waals surface area contributed by atoms with E-state index in [4.69, 9.17) is 34.8 Å². The van der Waals surface area contributed by atoms with Crippen LogP contribution in [0.1, 0.15) is 16.7 Å². The van der Waals surface area contributed by atoms with Crippen molar-refractivity contribution in [1.29, 1.82) is 0 Å². The molecule has 0 aliphatic carbocycles. The lowest BCUT2D eigenvalue weighted by Crippen LogP contribution is -2.53. The molecular formula is C32H30Cl3N3O4S. The summed E-state index contributed by atoms with van der Waals surface area (Å²) in [6.45, 7) is 1.16. The first-order valence-electron chi connectivity index (χ1n) is 13.3. The average Bonchev–Trinajstić information content (AvgIpc) is 2.98. The number of hydrogen-bond acceptors (Lipinski definition) is 4. The highest BCUT2D eigenvalue weighted by atomic mass is 35.5. The lowest BCUT2D eigenvalue weighted by Gasteiger charge is -2.33. The second-order valence-electron chi connectivity index (χ2n) is 9.88. The SMILES string of the molecule is CNC(=O)[C@H](Cc1ccccc1)N(Cc1ccc(Cl)cc1Cl)C(=O)CN(c1cccc(Cl)c1)S(=O)(=O)c1ccc(C)cc1. The summed E-state index contributed by atoms with van der Waals surface area (Å²) in [5, 5.41) is 3.66. The van der Waals surface area contributed by atoms with Gasteiger partial charge in [0.1, 0.15) is 12.6 Å². The van der Waals surface area contributed by atoms with Crippen molar-refractivity contribution < 1.29 is 18.0 Å². The number of hydrogen-bond donors (Lipinski definition) is 1. The Morgan fingerprint density at radius 3 is 2.14 bits per heavy atom. The van der Waals surface area contributed by atoms with Crippen LogP contribution in [-0.4, -0.2) is 44.8 Å². The van der Waals surface area contributed by atoms with Gasteiger partial charge in [-0.3, -0.25) is 13.9 Å². The van der Waals surface area contributed by atoms with Gasteiger partial charge in [0.05, 0.1) is 10.6 Å². The van der Waals surface area contributed by atoms with Gasteiger partial charge < -0.3 is 10.2 Å². The first kappa shape index (κ1) is 32.4. The molecule has 0 saturated heterocycles. The summed E-state index contributed by atoms with van der Waals surface area (Å²) in [5.41, 5.74) is 2.43. The third kappa shape index (κ3) is 8.09. The van der Waals surface area contributed by atoms with Crippen LogP contribution in [0.25, 0.3) is 0 Å². The van der Waals surface area contributed by atoms with E-state index in [1.54, 1.807) is 48.5 Å². The number of rotatable bonds is 11. The Morgan fingerprint density at radius 2 is 1.51 bits per heavy atom. The minimum absolute atomic E-state index is 0.00491. The molecule has 11 heteroatoms. The molecule has 0 fully saturated rings. The summed E-state index contributed by atoms with van der Waals surface area (Å²) in [7, 11) is -2.75. The minimum atomic E-state index is -4.23. The number of sulfonamides is 1. The molecular weight excluding hydrogens is 629 g/mol. The zero-order valence-electron chi connectivity index (χ0n) is 23.5. The summed E-state index contributed by atoms with van der Waals surface area (Å²) in [4.78, 5) is 29.0. The zero-order chi connectivity index (χ0) is 31.1. The number of carbonyl (C=O) groups is 2. The number of halogens is 3. The van der Waals surface area contributed by atoms with E-state index in [1.165, 1.54) is 30.1 Å². The van der Waals surface area contributed by atoms with E-state index in [-0.39, 0.29) is 23.5 Å². The van der Waals surface area contributed by atoms with Crippen LogP contribution >= 0.6 is 34.8 Å². The largest absolute Gasteiger partial charge is 0.357 e. The smallest absolute Gasteiger partial charge is 0.264 e. The number of amides is 2. The molecule has 0 saturated carbocycles. The van der Waals surface area contributed by atoms with Crippen LogP contribution in [0.3, 0.4) is 0 Å². The molecule has 0 radical (unpaired) electrons. The van der Waals surface area contributed by atoms with Gasteiger partial charge in [-0.05, 0) is 60.5 Å². The van der Waals surface area contributed by atoms with Crippen LogP contribution < -0.4 is 9.62 Å².